The van der Waals surface area contributed by atoms with Crippen molar-refractivity contribution in [3.63, 3.8) is 0 Å². The first kappa shape index (κ1) is 14.0. The number of benzene rings is 1. The topological polar surface area (TPSA) is 61.7 Å². The van der Waals surface area contributed by atoms with E-state index in [2.05, 4.69) is 10.5 Å². The summed E-state index contributed by atoms with van der Waals surface area (Å²) in [6, 6.07) is 6.01. The Kier molecular flexibility index (Phi) is 4.30. The van der Waals surface area contributed by atoms with Crippen LogP contribution in [0.1, 0.15) is 18.9 Å². The van der Waals surface area contributed by atoms with Gasteiger partial charge >= 0.3 is 6.18 Å². The van der Waals surface area contributed by atoms with E-state index in [1.165, 1.54) is 25.1 Å². The lowest BCUT2D eigenvalue weighted by atomic mass is 10.1. The molecule has 0 fully saturated rings. The Morgan fingerprint density at radius 2 is 2.11 bits per heavy atom. The molecule has 1 aromatic rings. The Bertz CT molecular complexity index is 470. The van der Waals surface area contributed by atoms with Crippen LogP contribution in [0.4, 0.5) is 18.9 Å². The summed E-state index contributed by atoms with van der Waals surface area (Å²) in [5, 5.41) is 13.7. The minimum atomic E-state index is -4.54. The monoisotopic (exact) mass is 260 g/mol. The molecule has 1 aromatic carbocycles. The standard InChI is InChI=1S/C11H11F3N2O2/c1-7(16-18)8-3-2-4-9(5-8)15-10(17)6-11(12,13)14/h2-5,18H,6H2,1H3,(H,15,17). The van der Waals surface area contributed by atoms with Crippen LogP contribution in [0.2, 0.25) is 0 Å². The predicted molar refractivity (Wildman–Crippen MR) is 59.7 cm³/mol. The first-order valence-corrected chi connectivity index (χ1v) is 4.97. The molecule has 0 heterocycles. The number of amides is 1. The Labute approximate surface area is 101 Å². The van der Waals surface area contributed by atoms with Gasteiger partial charge in [-0.15, -0.1) is 0 Å². The van der Waals surface area contributed by atoms with E-state index >= 15 is 0 Å². The Balaban J connectivity index is 2.77. The number of hydrogen-bond donors (Lipinski definition) is 2. The zero-order chi connectivity index (χ0) is 13.8. The molecule has 0 spiro atoms. The van der Waals surface area contributed by atoms with Gasteiger partial charge in [0.1, 0.15) is 6.42 Å². The van der Waals surface area contributed by atoms with Gasteiger partial charge in [0.25, 0.3) is 0 Å². The van der Waals surface area contributed by atoms with E-state index in [-0.39, 0.29) is 5.69 Å². The van der Waals surface area contributed by atoms with E-state index in [9.17, 15) is 18.0 Å². The molecule has 0 aliphatic rings. The van der Waals surface area contributed by atoms with Crippen LogP contribution in [-0.2, 0) is 4.79 Å². The lowest BCUT2D eigenvalue weighted by molar-refractivity contribution is -0.150. The molecule has 0 atom stereocenters. The summed E-state index contributed by atoms with van der Waals surface area (Å²) in [5.41, 5.74) is 1.01. The third kappa shape index (κ3) is 4.44. The van der Waals surface area contributed by atoms with Crippen LogP contribution in [0, 0.1) is 0 Å². The average Bonchev–Trinajstić information content (AvgIpc) is 2.25. The van der Waals surface area contributed by atoms with Crippen molar-refractivity contribution in [1.82, 2.24) is 0 Å². The zero-order valence-electron chi connectivity index (χ0n) is 9.45. The van der Waals surface area contributed by atoms with Crippen molar-refractivity contribution in [1.29, 1.82) is 0 Å². The maximum absolute atomic E-state index is 12.0. The molecule has 0 bridgehead atoms. The highest BCUT2D eigenvalue weighted by atomic mass is 19.4. The van der Waals surface area contributed by atoms with E-state index in [0.29, 0.717) is 11.3 Å². The van der Waals surface area contributed by atoms with E-state index < -0.39 is 18.5 Å². The summed E-state index contributed by atoms with van der Waals surface area (Å²) >= 11 is 0. The SMILES string of the molecule is CC(=NO)c1cccc(NC(=O)CC(F)(F)F)c1. The van der Waals surface area contributed by atoms with Crippen LogP contribution >= 0.6 is 0 Å². The van der Waals surface area contributed by atoms with E-state index in [0.717, 1.165) is 0 Å². The van der Waals surface area contributed by atoms with E-state index in [1.54, 1.807) is 6.07 Å². The maximum Gasteiger partial charge on any atom is 0.397 e. The second-order valence-electron chi connectivity index (χ2n) is 3.61. The van der Waals surface area contributed by atoms with Gasteiger partial charge < -0.3 is 10.5 Å². The maximum atomic E-state index is 12.0. The summed E-state index contributed by atoms with van der Waals surface area (Å²) < 4.78 is 35.9. The molecule has 0 aliphatic carbocycles. The Morgan fingerprint density at radius 1 is 1.44 bits per heavy atom. The van der Waals surface area contributed by atoms with Gasteiger partial charge in [-0.2, -0.15) is 13.2 Å². The van der Waals surface area contributed by atoms with E-state index in [4.69, 9.17) is 5.21 Å². The van der Waals surface area contributed by atoms with Crippen molar-refractivity contribution in [2.75, 3.05) is 5.32 Å². The average molecular weight is 260 g/mol. The summed E-state index contributed by atoms with van der Waals surface area (Å²) in [5.74, 6) is -1.14. The van der Waals surface area contributed by atoms with Gasteiger partial charge in [0.05, 0.1) is 5.71 Å². The third-order valence-electron chi connectivity index (χ3n) is 2.08. The summed E-state index contributed by atoms with van der Waals surface area (Å²) in [4.78, 5) is 11.1. The Hall–Kier alpha value is -2.05. The molecule has 0 unspecified atom stereocenters. The van der Waals surface area contributed by atoms with Gasteiger partial charge in [-0.1, -0.05) is 17.3 Å². The van der Waals surface area contributed by atoms with Gasteiger partial charge in [-0.3, -0.25) is 4.79 Å². The minimum Gasteiger partial charge on any atom is -0.411 e. The molecule has 0 saturated carbocycles. The molecular weight excluding hydrogens is 249 g/mol. The molecule has 0 aliphatic heterocycles. The normalized spacial score (nSPS) is 12.3. The van der Waals surface area contributed by atoms with Crippen LogP contribution in [-0.4, -0.2) is 23.0 Å². The Morgan fingerprint density at radius 3 is 2.67 bits per heavy atom. The van der Waals surface area contributed by atoms with Crippen molar-refractivity contribution >= 4 is 17.3 Å². The molecule has 18 heavy (non-hydrogen) atoms. The van der Waals surface area contributed by atoms with Crippen LogP contribution in [0.5, 0.6) is 0 Å². The fraction of sp³-hybridized carbons (Fsp3) is 0.273. The minimum absolute atomic E-state index is 0.213. The fourth-order valence-corrected chi connectivity index (χ4v) is 1.27. The van der Waals surface area contributed by atoms with Crippen molar-refractivity contribution < 1.29 is 23.2 Å². The van der Waals surface area contributed by atoms with Gasteiger partial charge in [0, 0.05) is 11.3 Å². The smallest absolute Gasteiger partial charge is 0.397 e. The fourth-order valence-electron chi connectivity index (χ4n) is 1.27. The second-order valence-corrected chi connectivity index (χ2v) is 3.61. The van der Waals surface area contributed by atoms with Crippen LogP contribution in [0.3, 0.4) is 0 Å². The van der Waals surface area contributed by atoms with Crippen molar-refractivity contribution in [3.8, 4) is 0 Å². The molecule has 0 aromatic heterocycles. The third-order valence-corrected chi connectivity index (χ3v) is 2.08. The molecule has 1 amide bonds. The summed E-state index contributed by atoms with van der Waals surface area (Å²) in [7, 11) is 0. The number of alkyl halides is 3. The van der Waals surface area contributed by atoms with Gasteiger partial charge in [0.2, 0.25) is 5.91 Å². The van der Waals surface area contributed by atoms with Crippen molar-refractivity contribution in [2.24, 2.45) is 5.16 Å². The van der Waals surface area contributed by atoms with Crippen molar-refractivity contribution in [2.45, 2.75) is 19.5 Å². The van der Waals surface area contributed by atoms with Crippen LogP contribution in [0.25, 0.3) is 0 Å². The number of halogens is 3. The number of rotatable bonds is 3. The molecular formula is C11H11F3N2O2. The van der Waals surface area contributed by atoms with Crippen molar-refractivity contribution in [3.05, 3.63) is 29.8 Å². The molecule has 4 nitrogen and oxygen atoms in total. The van der Waals surface area contributed by atoms with Crippen LogP contribution in [0.15, 0.2) is 29.4 Å². The lowest BCUT2D eigenvalue weighted by Gasteiger charge is -2.08. The largest absolute Gasteiger partial charge is 0.411 e. The molecule has 0 radical (unpaired) electrons. The molecule has 98 valence electrons. The van der Waals surface area contributed by atoms with Gasteiger partial charge in [-0.05, 0) is 19.1 Å². The number of nitrogens with zero attached hydrogens (tertiary/aromatic N) is 1. The number of nitrogens with one attached hydrogen (secondary N) is 1. The molecule has 7 heteroatoms. The zero-order valence-corrected chi connectivity index (χ0v) is 9.45. The number of oxime groups is 1. The van der Waals surface area contributed by atoms with Gasteiger partial charge in [0.15, 0.2) is 0 Å². The molecule has 1 rings (SSSR count). The summed E-state index contributed by atoms with van der Waals surface area (Å²) in [6.45, 7) is 1.52. The second kappa shape index (κ2) is 5.52. The lowest BCUT2D eigenvalue weighted by Crippen LogP contribution is -2.21. The molecule has 0 saturated heterocycles. The highest BCUT2D eigenvalue weighted by Crippen LogP contribution is 2.20. The first-order valence-electron chi connectivity index (χ1n) is 4.97. The van der Waals surface area contributed by atoms with E-state index in [1.807, 2.05) is 0 Å². The number of hydrogen-bond acceptors (Lipinski definition) is 3. The number of carbonyl (C=O) groups excluding carboxylic acids is 1. The predicted octanol–water partition coefficient (Wildman–Crippen LogP) is 2.78. The van der Waals surface area contributed by atoms with Gasteiger partial charge in [-0.25, -0.2) is 0 Å². The number of anilines is 1. The highest BCUT2D eigenvalue weighted by Gasteiger charge is 2.31. The summed E-state index contributed by atoms with van der Waals surface area (Å²) in [6.07, 6.45) is -6.07. The molecule has 2 N–H and O–H groups in total. The van der Waals surface area contributed by atoms with Crippen LogP contribution < -0.4 is 5.32 Å². The number of carbonyl (C=O) groups is 1. The first-order chi connectivity index (χ1) is 8.31. The quantitative estimate of drug-likeness (QED) is 0.498. The highest BCUT2D eigenvalue weighted by molar-refractivity contribution is 6.00.